The molecule has 2 rings (SSSR count). The first-order valence-electron chi connectivity index (χ1n) is 6.59. The third-order valence-corrected chi connectivity index (χ3v) is 4.69. The molecular formula is C17H9N5S2. The minimum Gasteiger partial charge on any atom is -0.253 e. The highest BCUT2D eigenvalue weighted by atomic mass is 32.2. The first kappa shape index (κ1) is 17.3. The molecule has 0 fully saturated rings. The van der Waals surface area contributed by atoms with E-state index in [1.807, 2.05) is 41.2 Å². The zero-order valence-electron chi connectivity index (χ0n) is 12.2. The van der Waals surface area contributed by atoms with E-state index in [4.69, 9.17) is 15.8 Å². The van der Waals surface area contributed by atoms with Crippen LogP contribution in [0.15, 0.2) is 57.3 Å². The molecule has 1 aromatic rings. The van der Waals surface area contributed by atoms with Gasteiger partial charge in [-0.05, 0) is 23.0 Å². The second kappa shape index (κ2) is 9.17. The number of allylic oxidation sites excluding steroid dienone is 6. The molecule has 0 aromatic carbocycles. The van der Waals surface area contributed by atoms with Crippen molar-refractivity contribution in [1.82, 2.24) is 9.97 Å². The summed E-state index contributed by atoms with van der Waals surface area (Å²) in [7, 11) is 0. The van der Waals surface area contributed by atoms with Crippen molar-refractivity contribution < 1.29 is 0 Å². The molecule has 1 aliphatic rings. The lowest BCUT2D eigenvalue weighted by atomic mass is 10.1. The Hall–Kier alpha value is -3.05. The number of hydrogen-bond donors (Lipinski definition) is 0. The average Bonchev–Trinajstić information content (AvgIpc) is 3.13. The Morgan fingerprint density at radius 1 is 0.917 bits per heavy atom. The predicted molar refractivity (Wildman–Crippen MR) is 96.4 cm³/mol. The van der Waals surface area contributed by atoms with Gasteiger partial charge in [0.15, 0.2) is 0 Å². The van der Waals surface area contributed by atoms with E-state index in [2.05, 4.69) is 9.97 Å². The van der Waals surface area contributed by atoms with Crippen LogP contribution in [0.4, 0.5) is 0 Å². The molecule has 24 heavy (non-hydrogen) atoms. The van der Waals surface area contributed by atoms with E-state index in [9.17, 15) is 0 Å². The van der Waals surface area contributed by atoms with Gasteiger partial charge >= 0.3 is 0 Å². The van der Waals surface area contributed by atoms with Gasteiger partial charge in [0.2, 0.25) is 0 Å². The lowest BCUT2D eigenvalue weighted by molar-refractivity contribution is 1.15. The normalized spacial score (nSPS) is 12.8. The Kier molecular flexibility index (Phi) is 6.61. The van der Waals surface area contributed by atoms with Gasteiger partial charge in [0, 0.05) is 4.24 Å². The summed E-state index contributed by atoms with van der Waals surface area (Å²) in [6.07, 6.45) is 12.3. The van der Waals surface area contributed by atoms with Gasteiger partial charge in [-0.25, -0.2) is 0 Å². The maximum Gasteiger partial charge on any atom is 0.149 e. The Morgan fingerprint density at radius 2 is 1.67 bits per heavy atom. The topological polar surface area (TPSA) is 97.2 Å². The molecule has 1 aromatic heterocycles. The van der Waals surface area contributed by atoms with E-state index in [0.29, 0.717) is 5.69 Å². The molecule has 0 atom stereocenters. The standard InChI is InChI=1S/C17H9N5S2/c18-8-13(9-19)15(10-20)16-12-21-14(11-22-16)4-2-1-3-5-17-23-6-7-24-17/h1-7,11-12H/b3-1+,4-2+. The van der Waals surface area contributed by atoms with Gasteiger partial charge in [-0.3, -0.25) is 9.97 Å². The summed E-state index contributed by atoms with van der Waals surface area (Å²) in [4.78, 5) is 8.23. The van der Waals surface area contributed by atoms with Gasteiger partial charge in [-0.2, -0.15) is 15.8 Å². The first-order valence-corrected chi connectivity index (χ1v) is 8.34. The minimum absolute atomic E-state index is 0.0743. The van der Waals surface area contributed by atoms with E-state index < -0.39 is 0 Å². The summed E-state index contributed by atoms with van der Waals surface area (Å²) in [5, 5.41) is 30.8. The van der Waals surface area contributed by atoms with Crippen LogP contribution in [0.25, 0.3) is 11.6 Å². The molecule has 0 bridgehead atoms. The summed E-state index contributed by atoms with van der Waals surface area (Å²) in [6, 6.07) is 5.17. The van der Waals surface area contributed by atoms with Crippen molar-refractivity contribution >= 4 is 35.2 Å². The molecule has 0 aliphatic carbocycles. The smallest absolute Gasteiger partial charge is 0.149 e. The summed E-state index contributed by atoms with van der Waals surface area (Å²) in [5.74, 6) is 0. The van der Waals surface area contributed by atoms with Crippen LogP contribution in [-0.4, -0.2) is 9.97 Å². The molecule has 7 heteroatoms. The van der Waals surface area contributed by atoms with Crippen LogP contribution < -0.4 is 0 Å². The van der Waals surface area contributed by atoms with Crippen molar-refractivity contribution in [2.24, 2.45) is 0 Å². The van der Waals surface area contributed by atoms with Gasteiger partial charge in [-0.1, -0.05) is 41.8 Å². The fourth-order valence-electron chi connectivity index (χ4n) is 1.58. The maximum absolute atomic E-state index is 9.06. The van der Waals surface area contributed by atoms with Crippen LogP contribution >= 0.6 is 23.5 Å². The molecular weight excluding hydrogens is 338 g/mol. The van der Waals surface area contributed by atoms with Crippen LogP contribution in [0.2, 0.25) is 0 Å². The van der Waals surface area contributed by atoms with Gasteiger partial charge in [0.05, 0.1) is 18.1 Å². The van der Waals surface area contributed by atoms with Gasteiger partial charge in [0.25, 0.3) is 0 Å². The second-order valence-corrected chi connectivity index (χ2v) is 6.30. The van der Waals surface area contributed by atoms with Crippen molar-refractivity contribution in [3.05, 3.63) is 68.7 Å². The molecule has 0 amide bonds. The zero-order valence-corrected chi connectivity index (χ0v) is 13.9. The van der Waals surface area contributed by atoms with Crippen molar-refractivity contribution in [3.8, 4) is 18.2 Å². The summed E-state index contributed by atoms with van der Waals surface area (Å²) in [5.41, 5.74) is 0.462. The Balaban J connectivity index is 2.06. The third kappa shape index (κ3) is 4.72. The van der Waals surface area contributed by atoms with E-state index in [1.165, 1.54) is 16.6 Å². The van der Waals surface area contributed by atoms with Crippen molar-refractivity contribution in [2.75, 3.05) is 0 Å². The highest BCUT2D eigenvalue weighted by Gasteiger charge is 2.10. The SMILES string of the molecule is N#CC(C#N)=C(C#N)c1cnc(/C=C/C=C/C=C2SC=CS2)cn1. The molecule has 1 aliphatic heterocycles. The van der Waals surface area contributed by atoms with Gasteiger partial charge < -0.3 is 0 Å². The van der Waals surface area contributed by atoms with Crippen molar-refractivity contribution in [3.63, 3.8) is 0 Å². The summed E-state index contributed by atoms with van der Waals surface area (Å²) in [6.45, 7) is 0. The Bertz CT molecular complexity index is 859. The van der Waals surface area contributed by atoms with Crippen LogP contribution in [0.1, 0.15) is 11.4 Å². The summed E-state index contributed by atoms with van der Waals surface area (Å²) >= 11 is 3.36. The molecule has 0 spiro atoms. The molecule has 2 heterocycles. The molecule has 0 N–H and O–H groups in total. The fourth-order valence-corrected chi connectivity index (χ4v) is 3.16. The minimum atomic E-state index is -0.275. The number of nitriles is 3. The fraction of sp³-hybridized carbons (Fsp3) is 0. The van der Waals surface area contributed by atoms with Crippen molar-refractivity contribution in [1.29, 1.82) is 15.8 Å². The molecule has 114 valence electrons. The largest absolute Gasteiger partial charge is 0.253 e. The predicted octanol–water partition coefficient (Wildman–Crippen LogP) is 4.16. The molecule has 0 saturated heterocycles. The monoisotopic (exact) mass is 347 g/mol. The molecule has 0 saturated carbocycles. The number of aromatic nitrogens is 2. The quantitative estimate of drug-likeness (QED) is 0.595. The highest BCUT2D eigenvalue weighted by Crippen LogP contribution is 2.37. The van der Waals surface area contributed by atoms with Crippen molar-refractivity contribution in [2.45, 2.75) is 0 Å². The third-order valence-electron chi connectivity index (χ3n) is 2.66. The number of nitrogens with zero attached hydrogens (tertiary/aromatic N) is 5. The Labute approximate surface area is 148 Å². The Morgan fingerprint density at radius 3 is 2.25 bits per heavy atom. The average molecular weight is 347 g/mol. The molecule has 0 unspecified atom stereocenters. The second-order valence-electron chi connectivity index (χ2n) is 4.15. The van der Waals surface area contributed by atoms with E-state index in [-0.39, 0.29) is 16.8 Å². The molecule has 5 nitrogen and oxygen atoms in total. The van der Waals surface area contributed by atoms with E-state index in [1.54, 1.807) is 41.7 Å². The highest BCUT2D eigenvalue weighted by molar-refractivity contribution is 8.27. The van der Waals surface area contributed by atoms with E-state index in [0.717, 1.165) is 0 Å². The first-order chi connectivity index (χ1) is 11.8. The van der Waals surface area contributed by atoms with Crippen LogP contribution in [-0.2, 0) is 0 Å². The summed E-state index contributed by atoms with van der Waals surface area (Å²) < 4.78 is 1.21. The lowest BCUT2D eigenvalue weighted by Gasteiger charge is -1.98. The number of hydrogen-bond acceptors (Lipinski definition) is 7. The van der Waals surface area contributed by atoms with Crippen LogP contribution in [0, 0.1) is 34.0 Å². The van der Waals surface area contributed by atoms with E-state index >= 15 is 0 Å². The lowest BCUT2D eigenvalue weighted by Crippen LogP contribution is -1.93. The van der Waals surface area contributed by atoms with Gasteiger partial charge in [0.1, 0.15) is 35.0 Å². The maximum atomic E-state index is 9.06. The zero-order chi connectivity index (χ0) is 17.2. The molecule has 0 radical (unpaired) electrons. The number of thioether (sulfide) groups is 2. The van der Waals surface area contributed by atoms with Crippen LogP contribution in [0.5, 0.6) is 0 Å². The van der Waals surface area contributed by atoms with Gasteiger partial charge in [-0.15, -0.1) is 0 Å². The number of rotatable bonds is 4. The van der Waals surface area contributed by atoms with Crippen LogP contribution in [0.3, 0.4) is 0 Å².